The molecule has 2 aromatic rings. The number of carboxylic acid groups (broad SMARTS) is 1. The lowest BCUT2D eigenvalue weighted by Crippen LogP contribution is -2.43. The number of nitrogens with one attached hydrogen (secondary N) is 2. The molecule has 0 aliphatic carbocycles. The number of carbonyl (C=O) groups excluding carboxylic acids is 1. The van der Waals surface area contributed by atoms with E-state index in [1.54, 1.807) is 17.0 Å². The maximum atomic E-state index is 12.9. The second-order valence-corrected chi connectivity index (χ2v) is 12.2. The van der Waals surface area contributed by atoms with Crippen LogP contribution in [0.1, 0.15) is 57.8 Å². The molecule has 2 heterocycles. The van der Waals surface area contributed by atoms with Crippen LogP contribution in [-0.2, 0) is 19.6 Å². The molecule has 2 saturated heterocycles. The monoisotopic (exact) mass is 529 g/mol. The molecule has 1 amide bonds. The number of fused-ring (bicyclic) bond motifs is 1. The topological polar surface area (TPSA) is 116 Å². The molecule has 8 nitrogen and oxygen atoms in total. The van der Waals surface area contributed by atoms with Gasteiger partial charge >= 0.3 is 5.97 Å². The van der Waals surface area contributed by atoms with E-state index in [1.807, 2.05) is 18.2 Å². The summed E-state index contributed by atoms with van der Waals surface area (Å²) in [5.41, 5.74) is 0. The van der Waals surface area contributed by atoms with Gasteiger partial charge in [0, 0.05) is 19.5 Å². The zero-order chi connectivity index (χ0) is 26.3. The summed E-state index contributed by atoms with van der Waals surface area (Å²) < 4.78 is 28.1. The van der Waals surface area contributed by atoms with Crippen molar-refractivity contribution >= 4 is 32.7 Å². The minimum absolute atomic E-state index is 0.00239. The summed E-state index contributed by atoms with van der Waals surface area (Å²) in [6.07, 6.45) is 8.20. The lowest BCUT2D eigenvalue weighted by molar-refractivity contribution is -0.139. The normalized spacial score (nSPS) is 18.6. The van der Waals surface area contributed by atoms with Crippen LogP contribution < -0.4 is 10.0 Å². The van der Waals surface area contributed by atoms with Gasteiger partial charge < -0.3 is 15.3 Å². The van der Waals surface area contributed by atoms with Crippen LogP contribution in [0.2, 0.25) is 0 Å². The summed E-state index contributed by atoms with van der Waals surface area (Å²) in [7, 11) is -4.05. The van der Waals surface area contributed by atoms with E-state index < -0.39 is 22.0 Å². The highest BCUT2D eigenvalue weighted by molar-refractivity contribution is 7.89. The molecular weight excluding hydrogens is 490 g/mol. The van der Waals surface area contributed by atoms with Gasteiger partial charge in [-0.2, -0.15) is 4.72 Å². The molecular formula is C28H39N3O5S. The Kier molecular flexibility index (Phi) is 9.56. The maximum absolute atomic E-state index is 12.9. The van der Waals surface area contributed by atoms with Crippen LogP contribution in [0.4, 0.5) is 0 Å². The Morgan fingerprint density at radius 2 is 1.62 bits per heavy atom. The van der Waals surface area contributed by atoms with Gasteiger partial charge in [-0.05, 0) is 79.9 Å². The van der Waals surface area contributed by atoms with Gasteiger partial charge in [0.15, 0.2) is 0 Å². The quantitative estimate of drug-likeness (QED) is 0.408. The minimum Gasteiger partial charge on any atom is -0.480 e. The molecule has 202 valence electrons. The third kappa shape index (κ3) is 7.75. The number of carboxylic acids is 1. The third-order valence-electron chi connectivity index (χ3n) is 7.92. The average Bonchev–Trinajstić information content (AvgIpc) is 2.91. The number of sulfonamides is 1. The van der Waals surface area contributed by atoms with Gasteiger partial charge in [-0.15, -0.1) is 0 Å². The van der Waals surface area contributed by atoms with E-state index >= 15 is 0 Å². The molecule has 1 atom stereocenters. The van der Waals surface area contributed by atoms with Crippen LogP contribution in [0, 0.1) is 11.8 Å². The Morgan fingerprint density at radius 1 is 0.973 bits per heavy atom. The van der Waals surface area contributed by atoms with E-state index in [1.165, 1.54) is 44.2 Å². The summed E-state index contributed by atoms with van der Waals surface area (Å²) in [6, 6.07) is 10.7. The number of rotatable bonds is 11. The number of aliphatic carboxylic acids is 1. The SMILES string of the molecule is O=C(O)[C@H](CCC(=O)N1CCC(CCCC2CCNCC2)CC1)NS(=O)(=O)c1ccc2ccccc2c1. The zero-order valence-corrected chi connectivity index (χ0v) is 22.2. The number of hydrogen-bond acceptors (Lipinski definition) is 5. The first-order valence-electron chi connectivity index (χ1n) is 13.5. The van der Waals surface area contributed by atoms with Crippen LogP contribution in [0.15, 0.2) is 47.4 Å². The van der Waals surface area contributed by atoms with E-state index in [9.17, 15) is 23.1 Å². The smallest absolute Gasteiger partial charge is 0.321 e. The fourth-order valence-corrected chi connectivity index (χ4v) is 6.84. The van der Waals surface area contributed by atoms with Crippen molar-refractivity contribution < 1.29 is 23.1 Å². The third-order valence-corrected chi connectivity index (χ3v) is 9.39. The number of likely N-dealkylation sites (tertiary alicyclic amines) is 1. The van der Waals surface area contributed by atoms with Crippen molar-refractivity contribution in [1.29, 1.82) is 0 Å². The molecule has 4 rings (SSSR count). The number of carbonyl (C=O) groups is 2. The van der Waals surface area contributed by atoms with E-state index in [-0.39, 0.29) is 23.6 Å². The molecule has 3 N–H and O–H groups in total. The molecule has 0 bridgehead atoms. The van der Waals surface area contributed by atoms with Crippen molar-refractivity contribution in [2.75, 3.05) is 26.2 Å². The Hall–Kier alpha value is -2.49. The number of piperidine rings is 2. The molecule has 0 radical (unpaired) electrons. The molecule has 0 unspecified atom stereocenters. The Morgan fingerprint density at radius 3 is 2.30 bits per heavy atom. The molecule has 2 aliphatic heterocycles. The molecule has 0 saturated carbocycles. The van der Waals surface area contributed by atoms with Gasteiger partial charge in [-0.1, -0.05) is 49.6 Å². The van der Waals surface area contributed by atoms with E-state index in [0.717, 1.165) is 42.6 Å². The molecule has 0 spiro atoms. The second-order valence-electron chi connectivity index (χ2n) is 10.5. The standard InChI is InChI=1S/C28H39N3O5S/c32-27(31-18-14-22(15-19-31)5-3-4-21-12-16-29-17-13-21)11-10-26(28(33)34)30-37(35,36)25-9-8-23-6-1-2-7-24(23)20-25/h1-2,6-9,20-22,26,29-30H,3-5,10-19H2,(H,33,34)/t26-/m0/s1. The summed E-state index contributed by atoms with van der Waals surface area (Å²) in [5, 5.41) is 14.7. The lowest BCUT2D eigenvalue weighted by atomic mass is 9.87. The molecule has 2 aliphatic rings. The Labute approximate surface area is 219 Å². The zero-order valence-electron chi connectivity index (χ0n) is 21.4. The highest BCUT2D eigenvalue weighted by atomic mass is 32.2. The summed E-state index contributed by atoms with van der Waals surface area (Å²) >= 11 is 0. The van der Waals surface area contributed by atoms with Crippen molar-refractivity contribution in [2.45, 2.75) is 68.7 Å². The van der Waals surface area contributed by atoms with Crippen LogP contribution in [0.3, 0.4) is 0 Å². The van der Waals surface area contributed by atoms with Crippen LogP contribution in [-0.4, -0.2) is 62.5 Å². The lowest BCUT2D eigenvalue weighted by Gasteiger charge is -2.32. The highest BCUT2D eigenvalue weighted by Crippen LogP contribution is 2.26. The predicted octanol–water partition coefficient (Wildman–Crippen LogP) is 3.76. The van der Waals surface area contributed by atoms with Crippen molar-refractivity contribution in [2.24, 2.45) is 11.8 Å². The Balaban J connectivity index is 1.23. The van der Waals surface area contributed by atoms with Gasteiger partial charge in [-0.25, -0.2) is 8.42 Å². The summed E-state index contributed by atoms with van der Waals surface area (Å²) in [5.74, 6) is 0.101. The first-order valence-corrected chi connectivity index (χ1v) is 15.0. The molecule has 2 fully saturated rings. The van der Waals surface area contributed by atoms with Crippen molar-refractivity contribution in [3.8, 4) is 0 Å². The number of nitrogens with zero attached hydrogens (tertiary/aromatic N) is 1. The molecule has 2 aromatic carbocycles. The second kappa shape index (κ2) is 12.8. The highest BCUT2D eigenvalue weighted by Gasteiger charge is 2.28. The minimum atomic E-state index is -4.05. The van der Waals surface area contributed by atoms with Crippen LogP contribution in [0.25, 0.3) is 10.8 Å². The number of hydrogen-bond donors (Lipinski definition) is 3. The van der Waals surface area contributed by atoms with Gasteiger partial charge in [-0.3, -0.25) is 9.59 Å². The predicted molar refractivity (Wildman–Crippen MR) is 144 cm³/mol. The van der Waals surface area contributed by atoms with Gasteiger partial charge in [0.05, 0.1) is 4.90 Å². The molecule has 9 heteroatoms. The number of benzene rings is 2. The largest absolute Gasteiger partial charge is 0.480 e. The van der Waals surface area contributed by atoms with Crippen molar-refractivity contribution in [3.05, 3.63) is 42.5 Å². The first-order chi connectivity index (χ1) is 17.8. The van der Waals surface area contributed by atoms with Crippen molar-refractivity contribution in [3.63, 3.8) is 0 Å². The van der Waals surface area contributed by atoms with Gasteiger partial charge in [0.25, 0.3) is 0 Å². The summed E-state index contributed by atoms with van der Waals surface area (Å²) in [4.78, 5) is 26.4. The van der Waals surface area contributed by atoms with Crippen molar-refractivity contribution in [1.82, 2.24) is 14.9 Å². The fourth-order valence-electron chi connectivity index (χ4n) is 5.59. The van der Waals surface area contributed by atoms with Crippen LogP contribution >= 0.6 is 0 Å². The Bertz CT molecular complexity index is 1170. The van der Waals surface area contributed by atoms with E-state index in [2.05, 4.69) is 10.0 Å². The maximum Gasteiger partial charge on any atom is 0.321 e. The fraction of sp³-hybridized carbons (Fsp3) is 0.571. The van der Waals surface area contributed by atoms with E-state index in [0.29, 0.717) is 19.0 Å². The molecule has 0 aromatic heterocycles. The average molecular weight is 530 g/mol. The molecule has 37 heavy (non-hydrogen) atoms. The van der Waals surface area contributed by atoms with E-state index in [4.69, 9.17) is 0 Å². The first kappa shape index (κ1) is 27.5. The van der Waals surface area contributed by atoms with Crippen LogP contribution in [0.5, 0.6) is 0 Å². The number of amides is 1. The van der Waals surface area contributed by atoms with Gasteiger partial charge in [0.2, 0.25) is 15.9 Å². The summed E-state index contributed by atoms with van der Waals surface area (Å²) in [6.45, 7) is 3.66. The van der Waals surface area contributed by atoms with Gasteiger partial charge in [0.1, 0.15) is 6.04 Å².